The summed E-state index contributed by atoms with van der Waals surface area (Å²) in [5, 5.41) is 0.120. The Balaban J connectivity index is 3.24. The number of hydrogen-bond donors (Lipinski definition) is 0. The van der Waals surface area contributed by atoms with E-state index in [1.54, 1.807) is 7.11 Å². The molecule has 17 heavy (non-hydrogen) atoms. The van der Waals surface area contributed by atoms with E-state index in [2.05, 4.69) is 18.9 Å². The Kier molecular flexibility index (Phi) is 12.8. The van der Waals surface area contributed by atoms with Crippen LogP contribution in [0.15, 0.2) is 0 Å². The number of rotatable bonds is 12. The molecule has 0 N–H and O–H groups in total. The van der Waals surface area contributed by atoms with E-state index in [0.717, 1.165) is 13.1 Å². The van der Waals surface area contributed by atoms with Crippen LogP contribution in [0.4, 0.5) is 0 Å². The van der Waals surface area contributed by atoms with Crippen molar-refractivity contribution in [3.8, 4) is 0 Å². The first-order chi connectivity index (χ1) is 8.20. The molecule has 0 aromatic heterocycles. The molecule has 0 aliphatic rings. The highest BCUT2D eigenvalue weighted by Gasteiger charge is 2.07. The van der Waals surface area contributed by atoms with E-state index >= 15 is 0 Å². The Hall–Kier alpha value is 0.210. The van der Waals surface area contributed by atoms with Crippen molar-refractivity contribution >= 4 is 11.6 Å². The average molecular weight is 264 g/mol. The summed E-state index contributed by atoms with van der Waals surface area (Å²) in [6, 6.07) is 0. The van der Waals surface area contributed by atoms with Gasteiger partial charge in [0.1, 0.15) is 0 Å². The molecule has 0 aliphatic carbocycles. The van der Waals surface area contributed by atoms with Gasteiger partial charge in [-0.05, 0) is 20.0 Å². The number of nitrogens with zero attached hydrogens (tertiary/aromatic N) is 1. The van der Waals surface area contributed by atoms with Crippen LogP contribution in [0.2, 0.25) is 0 Å². The van der Waals surface area contributed by atoms with Crippen LogP contribution in [0.25, 0.3) is 0 Å². The fourth-order valence-corrected chi connectivity index (χ4v) is 2.36. The monoisotopic (exact) mass is 263 g/mol. The minimum atomic E-state index is 0.120. The van der Waals surface area contributed by atoms with Gasteiger partial charge in [-0.15, -0.1) is 11.6 Å². The van der Waals surface area contributed by atoms with Crippen molar-refractivity contribution in [1.29, 1.82) is 0 Å². The molecule has 0 fully saturated rings. The predicted molar refractivity (Wildman–Crippen MR) is 77.0 cm³/mol. The summed E-state index contributed by atoms with van der Waals surface area (Å²) >= 11 is 6.11. The molecule has 2 nitrogen and oxygen atoms in total. The normalized spacial score (nSPS) is 13.2. The van der Waals surface area contributed by atoms with Gasteiger partial charge < -0.3 is 9.64 Å². The first-order valence-electron chi connectivity index (χ1n) is 7.02. The summed E-state index contributed by atoms with van der Waals surface area (Å²) in [7, 11) is 3.84. The molecule has 0 rings (SSSR count). The lowest BCUT2D eigenvalue weighted by atomic mass is 10.1. The molecule has 1 unspecified atom stereocenters. The maximum Gasteiger partial charge on any atom is 0.0696 e. The predicted octanol–water partition coefficient (Wildman–Crippen LogP) is 3.92. The lowest BCUT2D eigenvalue weighted by Gasteiger charge is -2.19. The summed E-state index contributed by atoms with van der Waals surface area (Å²) in [5.41, 5.74) is 0. The first-order valence-corrected chi connectivity index (χ1v) is 7.45. The van der Waals surface area contributed by atoms with Crippen molar-refractivity contribution in [3.63, 3.8) is 0 Å². The van der Waals surface area contributed by atoms with E-state index in [9.17, 15) is 0 Å². The Morgan fingerprint density at radius 2 is 1.65 bits per heavy atom. The molecule has 0 aromatic rings. The van der Waals surface area contributed by atoms with E-state index in [4.69, 9.17) is 16.3 Å². The van der Waals surface area contributed by atoms with Gasteiger partial charge in [0.2, 0.25) is 0 Å². The van der Waals surface area contributed by atoms with E-state index in [1.807, 2.05) is 0 Å². The van der Waals surface area contributed by atoms with E-state index in [1.165, 1.54) is 44.9 Å². The zero-order valence-electron chi connectivity index (χ0n) is 11.9. The van der Waals surface area contributed by atoms with Gasteiger partial charge in [-0.25, -0.2) is 0 Å². The molecule has 0 spiro atoms. The molecule has 0 radical (unpaired) electrons. The van der Waals surface area contributed by atoms with Crippen LogP contribution in [0, 0.1) is 0 Å². The van der Waals surface area contributed by atoms with Gasteiger partial charge in [-0.1, -0.05) is 45.4 Å². The number of hydrogen-bond acceptors (Lipinski definition) is 2. The van der Waals surface area contributed by atoms with Crippen LogP contribution in [-0.2, 0) is 4.74 Å². The van der Waals surface area contributed by atoms with Crippen molar-refractivity contribution < 1.29 is 4.74 Å². The van der Waals surface area contributed by atoms with E-state index < -0.39 is 0 Å². The summed E-state index contributed by atoms with van der Waals surface area (Å²) in [5.74, 6) is 0. The highest BCUT2D eigenvalue weighted by atomic mass is 35.5. The lowest BCUT2D eigenvalue weighted by molar-refractivity contribution is 0.182. The van der Waals surface area contributed by atoms with Gasteiger partial charge in [0, 0.05) is 13.7 Å². The Bertz CT molecular complexity index is 155. The van der Waals surface area contributed by atoms with E-state index in [0.29, 0.717) is 6.61 Å². The first kappa shape index (κ1) is 17.2. The molecule has 0 aliphatic heterocycles. The second-order valence-electron chi connectivity index (χ2n) is 4.94. The van der Waals surface area contributed by atoms with Crippen LogP contribution < -0.4 is 0 Å². The van der Waals surface area contributed by atoms with Crippen LogP contribution >= 0.6 is 11.6 Å². The molecule has 1 atom stereocenters. The number of ether oxygens (including phenoxy) is 1. The minimum absolute atomic E-state index is 0.120. The molecular formula is C14H30ClNO. The molecule has 3 heteroatoms. The Morgan fingerprint density at radius 1 is 1.06 bits per heavy atom. The second kappa shape index (κ2) is 12.7. The summed E-state index contributed by atoms with van der Waals surface area (Å²) in [4.78, 5) is 2.31. The van der Waals surface area contributed by atoms with Crippen LogP contribution in [0.5, 0.6) is 0 Å². The SMILES string of the molecule is CCCCCCCCCN(C)CC(Cl)COC. The number of methoxy groups -OCH3 is 1. The number of halogens is 1. The van der Waals surface area contributed by atoms with Crippen molar-refractivity contribution in [2.24, 2.45) is 0 Å². The van der Waals surface area contributed by atoms with Gasteiger partial charge >= 0.3 is 0 Å². The third-order valence-corrected chi connectivity index (χ3v) is 3.26. The summed E-state index contributed by atoms with van der Waals surface area (Å²) in [6.45, 7) is 4.98. The molecule has 0 heterocycles. The van der Waals surface area contributed by atoms with Crippen LogP contribution in [-0.4, -0.2) is 44.1 Å². The maximum atomic E-state index is 6.11. The largest absolute Gasteiger partial charge is 0.383 e. The van der Waals surface area contributed by atoms with Gasteiger partial charge in [-0.2, -0.15) is 0 Å². The van der Waals surface area contributed by atoms with Gasteiger partial charge in [0.25, 0.3) is 0 Å². The molecule has 0 bridgehead atoms. The second-order valence-corrected chi connectivity index (χ2v) is 5.55. The van der Waals surface area contributed by atoms with Crippen molar-refractivity contribution in [2.75, 3.05) is 33.9 Å². The van der Waals surface area contributed by atoms with Crippen LogP contribution in [0.1, 0.15) is 51.9 Å². The summed E-state index contributed by atoms with van der Waals surface area (Å²) in [6.07, 6.45) is 9.56. The average Bonchev–Trinajstić information content (AvgIpc) is 2.28. The quantitative estimate of drug-likeness (QED) is 0.391. The molecule has 104 valence electrons. The van der Waals surface area contributed by atoms with E-state index in [-0.39, 0.29) is 5.38 Å². The number of unbranched alkanes of at least 4 members (excludes halogenated alkanes) is 6. The molecule has 0 amide bonds. The Morgan fingerprint density at radius 3 is 2.24 bits per heavy atom. The van der Waals surface area contributed by atoms with Crippen molar-refractivity contribution in [1.82, 2.24) is 4.90 Å². The fraction of sp³-hybridized carbons (Fsp3) is 1.00. The van der Waals surface area contributed by atoms with Crippen molar-refractivity contribution in [3.05, 3.63) is 0 Å². The van der Waals surface area contributed by atoms with Crippen molar-refractivity contribution in [2.45, 2.75) is 57.2 Å². The molecule has 0 aromatic carbocycles. The molecule has 0 saturated carbocycles. The highest BCUT2D eigenvalue weighted by Crippen LogP contribution is 2.07. The lowest BCUT2D eigenvalue weighted by Crippen LogP contribution is -2.29. The summed E-state index contributed by atoms with van der Waals surface area (Å²) < 4.78 is 5.03. The third kappa shape index (κ3) is 12.5. The topological polar surface area (TPSA) is 12.5 Å². The maximum absolute atomic E-state index is 6.11. The van der Waals surface area contributed by atoms with Gasteiger partial charge in [-0.3, -0.25) is 0 Å². The van der Waals surface area contributed by atoms with Crippen LogP contribution in [0.3, 0.4) is 0 Å². The highest BCUT2D eigenvalue weighted by molar-refractivity contribution is 6.20. The van der Waals surface area contributed by atoms with Gasteiger partial charge in [0.15, 0.2) is 0 Å². The smallest absolute Gasteiger partial charge is 0.0696 e. The molecule has 0 saturated heterocycles. The fourth-order valence-electron chi connectivity index (χ4n) is 2.00. The molecular weight excluding hydrogens is 234 g/mol. The standard InChI is InChI=1S/C14H30ClNO/c1-4-5-6-7-8-9-10-11-16(2)12-14(15)13-17-3/h14H,4-13H2,1-3H3. The third-order valence-electron chi connectivity index (χ3n) is 3.00. The minimum Gasteiger partial charge on any atom is -0.383 e. The number of alkyl halides is 1. The zero-order valence-corrected chi connectivity index (χ0v) is 12.6. The zero-order chi connectivity index (χ0) is 12.9. The Labute approximate surface area is 113 Å². The van der Waals surface area contributed by atoms with Gasteiger partial charge in [0.05, 0.1) is 12.0 Å².